The quantitative estimate of drug-likeness (QED) is 0.369. The van der Waals surface area contributed by atoms with Crippen LogP contribution in [0, 0.1) is 11.3 Å². The van der Waals surface area contributed by atoms with E-state index in [0.29, 0.717) is 12.0 Å². The third-order valence-electron chi connectivity index (χ3n) is 5.06. The van der Waals surface area contributed by atoms with Gasteiger partial charge in [0, 0.05) is 7.11 Å². The van der Waals surface area contributed by atoms with Crippen LogP contribution in [-0.2, 0) is 4.74 Å². The maximum Gasteiger partial charge on any atom is 0.0649 e. The van der Waals surface area contributed by atoms with Crippen LogP contribution < -0.4 is 0 Å². The molecule has 1 aliphatic rings. The van der Waals surface area contributed by atoms with E-state index in [0.717, 1.165) is 5.92 Å². The van der Waals surface area contributed by atoms with Crippen LogP contribution >= 0.6 is 0 Å². The smallest absolute Gasteiger partial charge is 0.0649 e. The van der Waals surface area contributed by atoms with Crippen LogP contribution in [0.2, 0.25) is 0 Å². The second kappa shape index (κ2) is 9.35. The molecule has 0 radical (unpaired) electrons. The van der Waals surface area contributed by atoms with Crippen molar-refractivity contribution in [3.63, 3.8) is 0 Å². The third kappa shape index (κ3) is 6.52. The van der Waals surface area contributed by atoms with Crippen LogP contribution in [0.15, 0.2) is 34.9 Å². The number of methoxy groups -OCH3 is 1. The van der Waals surface area contributed by atoms with Crippen molar-refractivity contribution in [1.29, 1.82) is 0 Å². The molecule has 1 unspecified atom stereocenters. The van der Waals surface area contributed by atoms with Crippen molar-refractivity contribution < 1.29 is 4.74 Å². The highest BCUT2D eigenvalue weighted by Gasteiger charge is 2.27. The van der Waals surface area contributed by atoms with Crippen molar-refractivity contribution in [3.8, 4) is 0 Å². The van der Waals surface area contributed by atoms with E-state index in [4.69, 9.17) is 4.74 Å². The normalized spacial score (nSPS) is 20.7. The van der Waals surface area contributed by atoms with Crippen molar-refractivity contribution >= 4 is 0 Å². The summed E-state index contributed by atoms with van der Waals surface area (Å²) in [6.07, 6.45) is 14.5. The zero-order valence-corrected chi connectivity index (χ0v) is 15.7. The summed E-state index contributed by atoms with van der Waals surface area (Å²) in [7, 11) is 1.74. The minimum Gasteiger partial charge on any atom is -0.381 e. The summed E-state index contributed by atoms with van der Waals surface area (Å²) in [6, 6.07) is 0. The van der Waals surface area contributed by atoms with Gasteiger partial charge in [-0.2, -0.15) is 0 Å². The summed E-state index contributed by atoms with van der Waals surface area (Å²) < 4.78 is 5.06. The molecule has 22 heavy (non-hydrogen) atoms. The molecule has 0 aromatic rings. The summed E-state index contributed by atoms with van der Waals surface area (Å²) in [4.78, 5) is 0. The number of hydrogen-bond acceptors (Lipinski definition) is 1. The Hall–Kier alpha value is -0.820. The highest BCUT2D eigenvalue weighted by atomic mass is 16.5. The van der Waals surface area contributed by atoms with Crippen molar-refractivity contribution in [1.82, 2.24) is 0 Å². The Balaban J connectivity index is 2.43. The first-order chi connectivity index (χ1) is 10.4. The number of rotatable bonds is 8. The first-order valence-electron chi connectivity index (χ1n) is 8.88. The van der Waals surface area contributed by atoms with Crippen molar-refractivity contribution in [2.24, 2.45) is 11.3 Å². The highest BCUT2D eigenvalue weighted by Crippen LogP contribution is 2.42. The molecular formula is C21H36O. The van der Waals surface area contributed by atoms with Gasteiger partial charge in [0.05, 0.1) is 6.61 Å². The molecule has 0 spiro atoms. The Labute approximate surface area is 138 Å². The van der Waals surface area contributed by atoms with Gasteiger partial charge in [-0.3, -0.25) is 0 Å². The maximum absolute atomic E-state index is 5.06. The summed E-state index contributed by atoms with van der Waals surface area (Å²) >= 11 is 0. The molecule has 0 heterocycles. The number of hydrogen-bond donors (Lipinski definition) is 0. The first-order valence-corrected chi connectivity index (χ1v) is 8.88. The molecule has 1 heteroatoms. The number of ether oxygens (including phenoxy) is 1. The second-order valence-electron chi connectivity index (χ2n) is 7.68. The van der Waals surface area contributed by atoms with Crippen LogP contribution in [-0.4, -0.2) is 13.7 Å². The Morgan fingerprint density at radius 3 is 2.73 bits per heavy atom. The molecule has 0 amide bonds. The minimum atomic E-state index is 0.428. The molecule has 0 saturated carbocycles. The average molecular weight is 305 g/mol. The monoisotopic (exact) mass is 304 g/mol. The van der Waals surface area contributed by atoms with Crippen molar-refractivity contribution in [2.75, 3.05) is 13.7 Å². The lowest BCUT2D eigenvalue weighted by atomic mass is 9.70. The average Bonchev–Trinajstić information content (AvgIpc) is 2.43. The van der Waals surface area contributed by atoms with Crippen LogP contribution in [0.1, 0.15) is 73.1 Å². The van der Waals surface area contributed by atoms with Crippen LogP contribution in [0.5, 0.6) is 0 Å². The van der Waals surface area contributed by atoms with Gasteiger partial charge in [-0.1, -0.05) is 55.7 Å². The van der Waals surface area contributed by atoms with Gasteiger partial charge >= 0.3 is 0 Å². The van der Waals surface area contributed by atoms with Gasteiger partial charge in [-0.15, -0.1) is 0 Å². The fraction of sp³-hybridized carbons (Fsp3) is 0.714. The van der Waals surface area contributed by atoms with Gasteiger partial charge in [0.15, 0.2) is 0 Å². The zero-order valence-electron chi connectivity index (χ0n) is 15.7. The fourth-order valence-corrected chi connectivity index (χ4v) is 3.50. The van der Waals surface area contributed by atoms with E-state index < -0.39 is 0 Å². The first kappa shape index (κ1) is 19.2. The van der Waals surface area contributed by atoms with Gasteiger partial charge in [0.1, 0.15) is 0 Å². The lowest BCUT2D eigenvalue weighted by Gasteiger charge is -2.35. The Morgan fingerprint density at radius 1 is 1.36 bits per heavy atom. The SMILES string of the molecule is COC/C=C(C)/C=C/CC(C)CCC1=C(C)CCCC1(C)C. The van der Waals surface area contributed by atoms with Gasteiger partial charge < -0.3 is 4.74 Å². The standard InChI is InChI=1S/C21H36O/c1-17(9-7-10-18(2)14-16-22-6)12-13-20-19(3)11-8-15-21(20,4)5/h7,10,14,17H,8-9,11-13,15-16H2,1-6H3/b10-7+,18-14+. The Bertz CT molecular complexity index is 423. The highest BCUT2D eigenvalue weighted by molar-refractivity contribution is 5.22. The van der Waals surface area contributed by atoms with Gasteiger partial charge in [-0.25, -0.2) is 0 Å². The van der Waals surface area contributed by atoms with Crippen LogP contribution in [0.4, 0.5) is 0 Å². The van der Waals surface area contributed by atoms with E-state index in [1.54, 1.807) is 18.3 Å². The van der Waals surface area contributed by atoms with E-state index >= 15 is 0 Å². The van der Waals surface area contributed by atoms with Crippen LogP contribution in [0.3, 0.4) is 0 Å². The molecule has 1 nitrogen and oxygen atoms in total. The van der Waals surface area contributed by atoms with Crippen molar-refractivity contribution in [3.05, 3.63) is 34.9 Å². The van der Waals surface area contributed by atoms with E-state index in [2.05, 4.69) is 52.8 Å². The fourth-order valence-electron chi connectivity index (χ4n) is 3.50. The summed E-state index contributed by atoms with van der Waals surface area (Å²) in [5, 5.41) is 0. The molecule has 0 bridgehead atoms. The van der Waals surface area contributed by atoms with Gasteiger partial charge in [0.25, 0.3) is 0 Å². The zero-order chi connectivity index (χ0) is 16.6. The molecule has 0 aromatic heterocycles. The molecule has 1 aliphatic carbocycles. The molecule has 0 aromatic carbocycles. The summed E-state index contributed by atoms with van der Waals surface area (Å²) in [5.41, 5.74) is 5.13. The van der Waals surface area contributed by atoms with E-state index in [9.17, 15) is 0 Å². The van der Waals surface area contributed by atoms with Crippen molar-refractivity contribution in [2.45, 2.75) is 73.1 Å². The molecule has 0 fully saturated rings. The molecular weight excluding hydrogens is 268 g/mol. The Morgan fingerprint density at radius 2 is 2.09 bits per heavy atom. The summed E-state index contributed by atoms with van der Waals surface area (Å²) in [6.45, 7) is 12.4. The molecule has 0 saturated heterocycles. The molecule has 1 atom stereocenters. The molecule has 1 rings (SSSR count). The van der Waals surface area contributed by atoms with E-state index in [1.165, 1.54) is 44.1 Å². The van der Waals surface area contributed by atoms with E-state index in [1.807, 2.05) is 0 Å². The van der Waals surface area contributed by atoms with Gasteiger partial charge in [-0.05, 0) is 63.7 Å². The van der Waals surface area contributed by atoms with E-state index in [-0.39, 0.29) is 0 Å². The van der Waals surface area contributed by atoms with Gasteiger partial charge in [0.2, 0.25) is 0 Å². The maximum atomic E-state index is 5.06. The second-order valence-corrected chi connectivity index (χ2v) is 7.68. The summed E-state index contributed by atoms with van der Waals surface area (Å²) in [5.74, 6) is 0.754. The predicted molar refractivity (Wildman–Crippen MR) is 98.1 cm³/mol. The lowest BCUT2D eigenvalue weighted by molar-refractivity contribution is 0.233. The number of allylic oxidation sites excluding steroid dienone is 5. The largest absolute Gasteiger partial charge is 0.381 e. The molecule has 0 aliphatic heterocycles. The van der Waals surface area contributed by atoms with Crippen LogP contribution in [0.25, 0.3) is 0 Å². The molecule has 0 N–H and O–H groups in total. The molecule has 126 valence electrons. The Kier molecular flexibility index (Phi) is 8.17. The minimum absolute atomic E-state index is 0.428. The lowest BCUT2D eigenvalue weighted by Crippen LogP contribution is -2.20. The third-order valence-corrected chi connectivity index (χ3v) is 5.06. The predicted octanol–water partition coefficient (Wildman–Crippen LogP) is 6.47. The topological polar surface area (TPSA) is 9.23 Å².